The van der Waals surface area contributed by atoms with Crippen molar-refractivity contribution in [3.05, 3.63) is 0 Å². The van der Waals surface area contributed by atoms with E-state index in [1.165, 1.54) is 25.7 Å². The summed E-state index contributed by atoms with van der Waals surface area (Å²) >= 11 is 0.195. The van der Waals surface area contributed by atoms with Crippen LogP contribution in [0, 0.1) is 0 Å². The first-order valence-electron chi connectivity index (χ1n) is 6.74. The van der Waals surface area contributed by atoms with Crippen LogP contribution in [0.25, 0.3) is 0 Å². The van der Waals surface area contributed by atoms with Crippen molar-refractivity contribution in [3.8, 4) is 0 Å². The Labute approximate surface area is 108 Å². The van der Waals surface area contributed by atoms with Crippen molar-refractivity contribution in [2.45, 2.75) is 82.4 Å². The number of thioether (sulfide) groups is 1. The molecule has 0 radical (unpaired) electrons. The minimum Gasteiger partial charge on any atom is -0.160 e. The fourth-order valence-corrected chi connectivity index (χ4v) is 2.94. The number of unbranched alkanes of at least 4 members (excludes halogenated alkanes) is 5. The van der Waals surface area contributed by atoms with Crippen LogP contribution in [-0.2, 0) is 0 Å². The van der Waals surface area contributed by atoms with E-state index in [4.69, 9.17) is 0 Å². The van der Waals surface area contributed by atoms with E-state index in [2.05, 4.69) is 6.92 Å². The van der Waals surface area contributed by atoms with E-state index in [-0.39, 0.29) is 17.0 Å². The topological polar surface area (TPSA) is 0 Å². The Bertz CT molecular complexity index is 169. The first kappa shape index (κ1) is 17.1. The summed E-state index contributed by atoms with van der Waals surface area (Å²) in [6.45, 7) is 4.11. The fourth-order valence-electron chi connectivity index (χ4n) is 1.93. The smallest absolute Gasteiger partial charge is 0.160 e. The summed E-state index contributed by atoms with van der Waals surface area (Å²) in [7, 11) is 0. The molecule has 0 aliphatic heterocycles. The zero-order valence-electron chi connectivity index (χ0n) is 11.0. The maximum absolute atomic E-state index is 12.3. The Kier molecular flexibility index (Phi) is 10.2. The van der Waals surface area contributed by atoms with Gasteiger partial charge < -0.3 is 0 Å². The molecule has 0 rings (SSSR count). The standard InChI is InChI=1S/C13H25F3S/c1-3-5-6-7-8-9-11-12(10-4-2)17-13(14,15)16/h12H,3-11H2,1-2H3. The van der Waals surface area contributed by atoms with Crippen LogP contribution in [0.15, 0.2) is 0 Å². The molecule has 0 saturated heterocycles. The molecule has 0 saturated carbocycles. The minimum absolute atomic E-state index is 0.195. The van der Waals surface area contributed by atoms with Crippen LogP contribution in [-0.4, -0.2) is 10.8 Å². The molecule has 0 aromatic rings. The van der Waals surface area contributed by atoms with Crippen molar-refractivity contribution >= 4 is 11.8 Å². The molecule has 1 unspecified atom stereocenters. The fraction of sp³-hybridized carbons (Fsp3) is 1.00. The highest BCUT2D eigenvalue weighted by Gasteiger charge is 2.32. The molecule has 1 atom stereocenters. The molecule has 0 aliphatic rings. The van der Waals surface area contributed by atoms with E-state index in [1.54, 1.807) is 0 Å². The van der Waals surface area contributed by atoms with Crippen LogP contribution >= 0.6 is 11.8 Å². The monoisotopic (exact) mass is 270 g/mol. The number of alkyl halides is 3. The lowest BCUT2D eigenvalue weighted by Gasteiger charge is -2.17. The second-order valence-corrected chi connectivity index (χ2v) is 5.90. The van der Waals surface area contributed by atoms with Gasteiger partial charge in [0.15, 0.2) is 0 Å². The van der Waals surface area contributed by atoms with Gasteiger partial charge in [0.25, 0.3) is 0 Å². The first-order valence-corrected chi connectivity index (χ1v) is 7.62. The quantitative estimate of drug-likeness (QED) is 0.428. The SMILES string of the molecule is CCCCCCCCC(CCC)SC(F)(F)F. The summed E-state index contributed by atoms with van der Waals surface area (Å²) in [4.78, 5) is 0. The van der Waals surface area contributed by atoms with E-state index in [0.717, 1.165) is 19.3 Å². The Balaban J connectivity index is 3.63. The van der Waals surface area contributed by atoms with Crippen molar-refractivity contribution in [1.29, 1.82) is 0 Å². The van der Waals surface area contributed by atoms with Crippen LogP contribution in [0.1, 0.15) is 71.6 Å². The minimum atomic E-state index is -4.07. The average Bonchev–Trinajstić information content (AvgIpc) is 2.21. The van der Waals surface area contributed by atoms with Crippen molar-refractivity contribution in [3.63, 3.8) is 0 Å². The molecule has 104 valence electrons. The normalized spacial score (nSPS) is 13.9. The molecular formula is C13H25F3S. The molecule has 0 N–H and O–H groups in total. The van der Waals surface area contributed by atoms with Gasteiger partial charge in [0.05, 0.1) is 0 Å². The van der Waals surface area contributed by atoms with E-state index in [0.29, 0.717) is 12.8 Å². The van der Waals surface area contributed by atoms with E-state index >= 15 is 0 Å². The second-order valence-electron chi connectivity index (χ2n) is 4.53. The van der Waals surface area contributed by atoms with Crippen molar-refractivity contribution in [2.24, 2.45) is 0 Å². The molecular weight excluding hydrogens is 245 g/mol. The average molecular weight is 270 g/mol. The Morgan fingerprint density at radius 1 is 0.824 bits per heavy atom. The van der Waals surface area contributed by atoms with Crippen molar-refractivity contribution in [1.82, 2.24) is 0 Å². The van der Waals surface area contributed by atoms with Crippen LogP contribution in [0.3, 0.4) is 0 Å². The second kappa shape index (κ2) is 10.1. The van der Waals surface area contributed by atoms with Gasteiger partial charge in [0, 0.05) is 5.25 Å². The van der Waals surface area contributed by atoms with Crippen LogP contribution in [0.4, 0.5) is 13.2 Å². The number of hydrogen-bond donors (Lipinski definition) is 0. The van der Waals surface area contributed by atoms with Gasteiger partial charge >= 0.3 is 5.51 Å². The third kappa shape index (κ3) is 12.4. The van der Waals surface area contributed by atoms with Gasteiger partial charge in [-0.05, 0) is 24.6 Å². The molecule has 0 aromatic heterocycles. The highest BCUT2D eigenvalue weighted by molar-refractivity contribution is 8.00. The lowest BCUT2D eigenvalue weighted by Crippen LogP contribution is -2.11. The van der Waals surface area contributed by atoms with Crippen LogP contribution < -0.4 is 0 Å². The predicted molar refractivity (Wildman–Crippen MR) is 70.3 cm³/mol. The predicted octanol–water partition coefficient (Wildman–Crippen LogP) is 6.16. The maximum Gasteiger partial charge on any atom is 0.442 e. The largest absolute Gasteiger partial charge is 0.442 e. The Morgan fingerprint density at radius 2 is 1.41 bits per heavy atom. The molecule has 0 amide bonds. The van der Waals surface area contributed by atoms with Gasteiger partial charge in [-0.2, -0.15) is 13.2 Å². The summed E-state index contributed by atoms with van der Waals surface area (Å²) in [5, 5.41) is -0.230. The van der Waals surface area contributed by atoms with Gasteiger partial charge in [-0.25, -0.2) is 0 Å². The zero-order valence-corrected chi connectivity index (χ0v) is 11.8. The molecule has 0 heterocycles. The van der Waals surface area contributed by atoms with Crippen LogP contribution in [0.2, 0.25) is 0 Å². The van der Waals surface area contributed by atoms with E-state index in [1.807, 2.05) is 6.92 Å². The summed E-state index contributed by atoms with van der Waals surface area (Å²) in [6.07, 6.45) is 9.10. The Morgan fingerprint density at radius 3 is 1.94 bits per heavy atom. The van der Waals surface area contributed by atoms with Gasteiger partial charge in [-0.1, -0.05) is 58.8 Å². The summed E-state index contributed by atoms with van der Waals surface area (Å²) in [5.41, 5.74) is -4.07. The van der Waals surface area contributed by atoms with Crippen molar-refractivity contribution in [2.75, 3.05) is 0 Å². The highest BCUT2D eigenvalue weighted by atomic mass is 32.2. The molecule has 4 heteroatoms. The van der Waals surface area contributed by atoms with Gasteiger partial charge in [-0.3, -0.25) is 0 Å². The third-order valence-corrected chi connectivity index (χ3v) is 3.86. The van der Waals surface area contributed by atoms with Gasteiger partial charge in [0.2, 0.25) is 0 Å². The molecule has 0 aliphatic carbocycles. The summed E-state index contributed by atoms with van der Waals surface area (Å²) in [6, 6.07) is 0. The number of rotatable bonds is 10. The molecule has 0 nitrogen and oxygen atoms in total. The lowest BCUT2D eigenvalue weighted by molar-refractivity contribution is -0.0335. The lowest BCUT2D eigenvalue weighted by atomic mass is 10.1. The summed E-state index contributed by atoms with van der Waals surface area (Å²) < 4.78 is 36.8. The first-order chi connectivity index (χ1) is 7.99. The number of halogens is 3. The van der Waals surface area contributed by atoms with E-state index < -0.39 is 5.51 Å². The Hall–Kier alpha value is 0.140. The van der Waals surface area contributed by atoms with Gasteiger partial charge in [-0.15, -0.1) is 0 Å². The molecule has 0 bridgehead atoms. The molecule has 0 spiro atoms. The molecule has 0 aromatic carbocycles. The molecule has 0 fully saturated rings. The van der Waals surface area contributed by atoms with E-state index in [9.17, 15) is 13.2 Å². The van der Waals surface area contributed by atoms with Gasteiger partial charge in [0.1, 0.15) is 0 Å². The zero-order chi connectivity index (χ0) is 13.1. The third-order valence-electron chi connectivity index (χ3n) is 2.79. The van der Waals surface area contributed by atoms with Crippen LogP contribution in [0.5, 0.6) is 0 Å². The molecule has 17 heavy (non-hydrogen) atoms. The number of hydrogen-bond acceptors (Lipinski definition) is 1. The van der Waals surface area contributed by atoms with Crippen molar-refractivity contribution < 1.29 is 13.2 Å². The highest BCUT2D eigenvalue weighted by Crippen LogP contribution is 2.37. The maximum atomic E-state index is 12.3. The summed E-state index contributed by atoms with van der Waals surface area (Å²) in [5.74, 6) is 0.